The first-order chi connectivity index (χ1) is 27.0. The summed E-state index contributed by atoms with van der Waals surface area (Å²) in [6, 6.07) is 18.7. The minimum absolute atomic E-state index is 0.157. The monoisotopic (exact) mass is 927 g/mol. The van der Waals surface area contributed by atoms with E-state index >= 15 is 0 Å². The van der Waals surface area contributed by atoms with Crippen molar-refractivity contribution in [3.63, 3.8) is 0 Å². The Hall–Kier alpha value is -4.99. The average molecular weight is 929 g/mol. The largest absolute Gasteiger partial charge is 0.455 e. The summed E-state index contributed by atoms with van der Waals surface area (Å²) in [6.07, 6.45) is 4.80. The van der Waals surface area contributed by atoms with Crippen LogP contribution < -0.4 is 20.9 Å². The maximum absolute atomic E-state index is 14.5. The number of aliphatic imine (C=N–C) groups is 2. The van der Waals surface area contributed by atoms with E-state index in [1.165, 1.54) is 6.20 Å². The lowest BCUT2D eigenvalue weighted by Crippen LogP contribution is -2.42. The fourth-order valence-corrected chi connectivity index (χ4v) is 8.16. The first-order valence-corrected chi connectivity index (χ1v) is 19.4. The van der Waals surface area contributed by atoms with E-state index in [0.717, 1.165) is 36.2 Å². The van der Waals surface area contributed by atoms with Gasteiger partial charge in [0.25, 0.3) is 0 Å². The predicted molar refractivity (Wildman–Crippen MR) is 217 cm³/mol. The van der Waals surface area contributed by atoms with Crippen molar-refractivity contribution < 1.29 is 28.1 Å². The van der Waals surface area contributed by atoms with Crippen molar-refractivity contribution in [3.8, 4) is 46.1 Å². The summed E-state index contributed by atoms with van der Waals surface area (Å²) < 4.78 is 45.3. The molecule has 5 aliphatic heterocycles. The first-order valence-electron chi connectivity index (χ1n) is 17.6. The van der Waals surface area contributed by atoms with Crippen molar-refractivity contribution in [1.29, 1.82) is 0 Å². The molecule has 5 aromatic rings. The molecule has 2 spiro atoms. The molecule has 1 saturated heterocycles. The van der Waals surface area contributed by atoms with Gasteiger partial charge in [-0.25, -0.2) is 15.0 Å². The number of nitrogens with zero attached hydrogens (tertiary/aromatic N) is 5. The van der Waals surface area contributed by atoms with Crippen molar-refractivity contribution in [1.82, 2.24) is 15.0 Å². The van der Waals surface area contributed by atoms with Crippen LogP contribution in [-0.2, 0) is 25.3 Å². The molecule has 15 heteroatoms. The summed E-state index contributed by atoms with van der Waals surface area (Å²) in [5.41, 5.74) is 15.4. The Bertz CT molecular complexity index is 2500. The highest BCUT2D eigenvalue weighted by atomic mass is 127. The summed E-state index contributed by atoms with van der Waals surface area (Å²) in [6.45, 7) is 4.53. The van der Waals surface area contributed by atoms with Gasteiger partial charge in [0.15, 0.2) is 5.75 Å². The van der Waals surface area contributed by atoms with Crippen LogP contribution in [0.25, 0.3) is 11.1 Å². The van der Waals surface area contributed by atoms with Crippen molar-refractivity contribution in [2.45, 2.75) is 18.0 Å². The highest BCUT2D eigenvalue weighted by molar-refractivity contribution is 14.1. The SMILES string of the molecule is CC1(C#Cc2cnc3c(c2)[C@]2(COCC(N)=N2)c2cc(-c4cccnc4F)ccc2O3)COC1.NC1=N[C@@]2(COC1)c1cc(I)ccc1Oc1cnc(Br)cc12. The van der Waals surface area contributed by atoms with Crippen LogP contribution in [0, 0.1) is 26.8 Å². The Morgan fingerprint density at radius 1 is 0.750 bits per heavy atom. The molecule has 0 saturated carbocycles. The molecule has 5 aliphatic rings. The quantitative estimate of drug-likeness (QED) is 0.107. The van der Waals surface area contributed by atoms with E-state index in [1.54, 1.807) is 36.7 Å². The minimum atomic E-state index is -0.992. The average Bonchev–Trinajstić information content (AvgIpc) is 3.18. The van der Waals surface area contributed by atoms with Crippen LogP contribution in [0.4, 0.5) is 4.39 Å². The van der Waals surface area contributed by atoms with Gasteiger partial charge in [0.2, 0.25) is 11.8 Å². The van der Waals surface area contributed by atoms with Gasteiger partial charge in [-0.1, -0.05) is 17.9 Å². The van der Waals surface area contributed by atoms with Crippen LogP contribution in [0.15, 0.2) is 93.8 Å². The van der Waals surface area contributed by atoms with E-state index in [0.29, 0.717) is 72.2 Å². The summed E-state index contributed by atoms with van der Waals surface area (Å²) in [4.78, 5) is 22.2. The summed E-state index contributed by atoms with van der Waals surface area (Å²) >= 11 is 5.70. The van der Waals surface area contributed by atoms with E-state index in [9.17, 15) is 4.39 Å². The fraction of sp³-hybridized carbons (Fsp3) is 0.244. The molecule has 3 aromatic heterocycles. The van der Waals surface area contributed by atoms with Gasteiger partial charge in [-0.2, -0.15) is 4.39 Å². The third-order valence-corrected chi connectivity index (χ3v) is 11.1. The third-order valence-electron chi connectivity index (χ3n) is 10.0. The minimum Gasteiger partial charge on any atom is -0.455 e. The highest BCUT2D eigenvalue weighted by Crippen LogP contribution is 2.52. The normalized spacial score (nSPS) is 22.1. The zero-order valence-electron chi connectivity index (χ0n) is 29.8. The second kappa shape index (κ2) is 14.2. The molecule has 10 rings (SSSR count). The van der Waals surface area contributed by atoms with Crippen LogP contribution >= 0.6 is 38.5 Å². The fourth-order valence-electron chi connectivity index (χ4n) is 7.34. The number of benzene rings is 2. The molecular formula is C41H32BrFIN7O5. The Labute approximate surface area is 343 Å². The zero-order valence-corrected chi connectivity index (χ0v) is 33.6. The number of rotatable bonds is 1. The van der Waals surface area contributed by atoms with Gasteiger partial charge in [-0.15, -0.1) is 0 Å². The molecule has 0 amide bonds. The number of nitrogens with two attached hydrogens (primary N) is 2. The molecule has 1 fully saturated rings. The Kier molecular flexibility index (Phi) is 9.28. The van der Waals surface area contributed by atoms with Crippen molar-refractivity contribution in [2.24, 2.45) is 26.9 Å². The highest BCUT2D eigenvalue weighted by Gasteiger charge is 2.47. The zero-order chi connectivity index (χ0) is 38.7. The molecule has 0 radical (unpaired) electrons. The second-order valence-corrected chi connectivity index (χ2v) is 16.3. The van der Waals surface area contributed by atoms with Gasteiger partial charge in [-0.3, -0.25) is 9.98 Å². The topological polar surface area (TPSA) is 162 Å². The van der Waals surface area contributed by atoms with Gasteiger partial charge in [0, 0.05) is 43.8 Å². The molecule has 4 N–H and O–H groups in total. The lowest BCUT2D eigenvalue weighted by Gasteiger charge is -2.39. The number of aromatic nitrogens is 3. The number of amidine groups is 2. The number of fused-ring (bicyclic) bond motifs is 8. The smallest absolute Gasteiger partial charge is 0.225 e. The van der Waals surface area contributed by atoms with E-state index in [1.807, 2.05) is 30.3 Å². The van der Waals surface area contributed by atoms with Gasteiger partial charge in [0.1, 0.15) is 52.1 Å². The summed E-state index contributed by atoms with van der Waals surface area (Å²) in [5.74, 6) is 9.20. The van der Waals surface area contributed by atoms with E-state index in [4.69, 9.17) is 45.1 Å². The molecular weight excluding hydrogens is 896 g/mol. The molecule has 2 aromatic carbocycles. The van der Waals surface area contributed by atoms with Crippen LogP contribution in [0.1, 0.15) is 34.7 Å². The number of pyridine rings is 3. The number of hydrogen-bond donors (Lipinski definition) is 2. The van der Waals surface area contributed by atoms with E-state index < -0.39 is 17.0 Å². The summed E-state index contributed by atoms with van der Waals surface area (Å²) in [7, 11) is 0. The molecule has 0 aliphatic carbocycles. The summed E-state index contributed by atoms with van der Waals surface area (Å²) in [5, 5.41) is 0. The first kappa shape index (κ1) is 36.6. The van der Waals surface area contributed by atoms with Crippen molar-refractivity contribution in [2.75, 3.05) is 39.6 Å². The third kappa shape index (κ3) is 6.48. The molecule has 0 bridgehead atoms. The maximum Gasteiger partial charge on any atom is 0.225 e. The standard InChI is InChI=1S/C26H21FN4O3.C15H11BrIN3O2/c1-25(13-33-14-25)7-6-16-9-20-24(30-11-16)34-21-5-4-17(18-3-2-8-29-23(18)27)10-19(21)26(20)15-32-12-22(28)31-26;16-13-4-10-12(5-19-13)22-11-2-1-8(17)3-9(11)15(10)7-21-6-14(18)20-15/h2-5,8-11H,12-15H2,1H3,(H2,28,31);1-5H,6-7H2,(H2,18,20)/t26-;15-/m00/s1. The van der Waals surface area contributed by atoms with E-state index in [2.05, 4.69) is 78.3 Å². The molecule has 0 unspecified atom stereocenters. The second-order valence-electron chi connectivity index (χ2n) is 14.2. The van der Waals surface area contributed by atoms with Gasteiger partial charge in [0.05, 0.1) is 43.6 Å². The number of hydrogen-bond acceptors (Lipinski definition) is 12. The Morgan fingerprint density at radius 2 is 1.45 bits per heavy atom. The molecule has 56 heavy (non-hydrogen) atoms. The Morgan fingerprint density at radius 3 is 2.16 bits per heavy atom. The maximum atomic E-state index is 14.5. The molecule has 8 heterocycles. The van der Waals surface area contributed by atoms with Crippen LogP contribution in [0.2, 0.25) is 0 Å². The van der Waals surface area contributed by atoms with Crippen LogP contribution in [0.5, 0.6) is 23.1 Å². The van der Waals surface area contributed by atoms with Crippen LogP contribution in [-0.4, -0.2) is 66.3 Å². The molecule has 282 valence electrons. The number of ether oxygens (including phenoxy) is 5. The van der Waals surface area contributed by atoms with Gasteiger partial charge < -0.3 is 35.2 Å². The lowest BCUT2D eigenvalue weighted by molar-refractivity contribution is -0.0648. The van der Waals surface area contributed by atoms with Crippen molar-refractivity contribution in [3.05, 3.63) is 121 Å². The lowest BCUT2D eigenvalue weighted by atomic mass is 9.80. The Balaban J connectivity index is 0.000000161. The van der Waals surface area contributed by atoms with Crippen LogP contribution in [0.3, 0.4) is 0 Å². The van der Waals surface area contributed by atoms with Crippen molar-refractivity contribution >= 4 is 50.2 Å². The molecule has 2 atom stereocenters. The molecule has 12 nitrogen and oxygen atoms in total. The number of halogens is 3. The van der Waals surface area contributed by atoms with Gasteiger partial charge >= 0.3 is 0 Å². The predicted octanol–water partition coefficient (Wildman–Crippen LogP) is 6.59. The van der Waals surface area contributed by atoms with Gasteiger partial charge in [-0.05, 0) is 106 Å². The van der Waals surface area contributed by atoms with E-state index in [-0.39, 0.29) is 18.6 Å².